The molecule has 136 valence electrons. The number of halogens is 1. The lowest BCUT2D eigenvalue weighted by atomic mass is 9.93. The highest BCUT2D eigenvalue weighted by Gasteiger charge is 2.23. The number of nitro benzene ring substituents is 1. The summed E-state index contributed by atoms with van der Waals surface area (Å²) < 4.78 is 6.89. The first kappa shape index (κ1) is 17.9. The number of ether oxygens (including phenoxy) is 1. The van der Waals surface area contributed by atoms with Crippen LogP contribution in [0.2, 0.25) is 0 Å². The highest BCUT2D eigenvalue weighted by molar-refractivity contribution is 14.1. The third kappa shape index (κ3) is 3.54. The van der Waals surface area contributed by atoms with Gasteiger partial charge in [0.15, 0.2) is 0 Å². The van der Waals surface area contributed by atoms with Crippen molar-refractivity contribution in [1.82, 2.24) is 0 Å². The molecule has 0 aromatic heterocycles. The van der Waals surface area contributed by atoms with Gasteiger partial charge in [-0.3, -0.25) is 10.1 Å². The second kappa shape index (κ2) is 7.28. The fourth-order valence-corrected chi connectivity index (χ4v) is 3.69. The lowest BCUT2D eigenvalue weighted by Crippen LogP contribution is -2.01. The fourth-order valence-electron chi connectivity index (χ4n) is 3.33. The topological polar surface area (TPSA) is 72.6 Å². The molecule has 0 fully saturated rings. The van der Waals surface area contributed by atoms with Gasteiger partial charge in [-0.25, -0.2) is 0 Å². The van der Waals surface area contributed by atoms with E-state index < -0.39 is 11.0 Å². The Morgan fingerprint density at radius 1 is 1.07 bits per heavy atom. The van der Waals surface area contributed by atoms with Gasteiger partial charge >= 0.3 is 0 Å². The summed E-state index contributed by atoms with van der Waals surface area (Å²) in [5.41, 5.74) is 4.08. The Kier molecular flexibility index (Phi) is 4.84. The minimum atomic E-state index is -0.773. The molecule has 1 atom stereocenters. The quantitative estimate of drug-likeness (QED) is 0.333. The standard InChI is InChI=1S/C21H16INO4/c22-17-6-4-13(5-7-17)20(24)16-10-15-8-9-27-21(15)19(12-16)14-2-1-3-18(11-14)23(25)26/h1-7,10-12,20,24H,8-9H2. The molecule has 1 aliphatic rings. The normalized spacial score (nSPS) is 13.7. The summed E-state index contributed by atoms with van der Waals surface area (Å²) in [6, 6.07) is 18.0. The van der Waals surface area contributed by atoms with Crippen molar-refractivity contribution in [1.29, 1.82) is 0 Å². The molecule has 5 nitrogen and oxygen atoms in total. The van der Waals surface area contributed by atoms with Crippen LogP contribution < -0.4 is 4.74 Å². The number of nitro groups is 1. The van der Waals surface area contributed by atoms with Gasteiger partial charge in [0, 0.05) is 27.7 Å². The largest absolute Gasteiger partial charge is 0.492 e. The molecule has 0 saturated heterocycles. The van der Waals surface area contributed by atoms with Crippen LogP contribution >= 0.6 is 22.6 Å². The number of fused-ring (bicyclic) bond motifs is 1. The van der Waals surface area contributed by atoms with Crippen LogP contribution in [0, 0.1) is 13.7 Å². The molecule has 0 radical (unpaired) electrons. The molecule has 0 aliphatic carbocycles. The van der Waals surface area contributed by atoms with Crippen LogP contribution in [0.4, 0.5) is 5.69 Å². The highest BCUT2D eigenvalue weighted by Crippen LogP contribution is 2.41. The zero-order chi connectivity index (χ0) is 19.0. The molecule has 3 aromatic rings. The SMILES string of the molecule is O=[N+]([O-])c1cccc(-c2cc(C(O)c3ccc(I)cc3)cc3c2OCC3)c1. The van der Waals surface area contributed by atoms with E-state index in [1.165, 1.54) is 6.07 Å². The Morgan fingerprint density at radius 2 is 1.85 bits per heavy atom. The van der Waals surface area contributed by atoms with E-state index in [1.54, 1.807) is 12.1 Å². The van der Waals surface area contributed by atoms with Crippen molar-refractivity contribution in [3.8, 4) is 16.9 Å². The minimum Gasteiger partial charge on any atom is -0.492 e. The molecule has 0 saturated carbocycles. The molecular formula is C21H16INO4. The lowest BCUT2D eigenvalue weighted by Gasteiger charge is -2.16. The first-order valence-electron chi connectivity index (χ1n) is 8.51. The number of aliphatic hydroxyl groups excluding tert-OH is 1. The third-order valence-electron chi connectivity index (χ3n) is 4.68. The fraction of sp³-hybridized carbons (Fsp3) is 0.143. The Hall–Kier alpha value is -2.45. The number of hydrogen-bond acceptors (Lipinski definition) is 4. The van der Waals surface area contributed by atoms with E-state index >= 15 is 0 Å². The summed E-state index contributed by atoms with van der Waals surface area (Å²) >= 11 is 2.23. The monoisotopic (exact) mass is 473 g/mol. The van der Waals surface area contributed by atoms with E-state index in [9.17, 15) is 15.2 Å². The van der Waals surface area contributed by atoms with Crippen molar-refractivity contribution >= 4 is 28.3 Å². The van der Waals surface area contributed by atoms with E-state index in [-0.39, 0.29) is 5.69 Å². The summed E-state index contributed by atoms with van der Waals surface area (Å²) in [6.07, 6.45) is -0.0184. The second-order valence-corrected chi connectivity index (χ2v) is 7.66. The Bertz CT molecular complexity index is 1020. The molecule has 0 amide bonds. The Morgan fingerprint density at radius 3 is 2.59 bits per heavy atom. The smallest absolute Gasteiger partial charge is 0.270 e. The molecule has 27 heavy (non-hydrogen) atoms. The first-order chi connectivity index (χ1) is 13.0. The van der Waals surface area contributed by atoms with Gasteiger partial charge in [-0.05, 0) is 69.1 Å². The maximum absolute atomic E-state index is 11.1. The van der Waals surface area contributed by atoms with Gasteiger partial charge in [0.05, 0.1) is 11.5 Å². The number of non-ortho nitro benzene ring substituents is 1. The van der Waals surface area contributed by atoms with Gasteiger partial charge in [-0.1, -0.05) is 24.3 Å². The van der Waals surface area contributed by atoms with Gasteiger partial charge in [0.2, 0.25) is 0 Å². The average Bonchev–Trinajstić information content (AvgIpc) is 3.16. The Labute approximate surface area is 169 Å². The Balaban J connectivity index is 1.82. The number of nitrogens with zero attached hydrogens (tertiary/aromatic N) is 1. The molecule has 1 aliphatic heterocycles. The van der Waals surface area contributed by atoms with Crippen molar-refractivity contribution in [2.75, 3.05) is 6.61 Å². The maximum atomic E-state index is 11.1. The van der Waals surface area contributed by atoms with Crippen LogP contribution in [0.3, 0.4) is 0 Å². The molecule has 1 unspecified atom stereocenters. The second-order valence-electron chi connectivity index (χ2n) is 6.42. The lowest BCUT2D eigenvalue weighted by molar-refractivity contribution is -0.384. The van der Waals surface area contributed by atoms with Crippen molar-refractivity contribution in [3.05, 3.63) is 91.0 Å². The number of hydrogen-bond donors (Lipinski definition) is 1. The molecule has 4 rings (SSSR count). The molecular weight excluding hydrogens is 457 g/mol. The van der Waals surface area contributed by atoms with Crippen LogP contribution in [0.15, 0.2) is 60.7 Å². The van der Waals surface area contributed by atoms with E-state index in [1.807, 2.05) is 42.5 Å². The van der Waals surface area contributed by atoms with Crippen molar-refractivity contribution in [2.24, 2.45) is 0 Å². The van der Waals surface area contributed by atoms with Crippen LogP contribution in [0.5, 0.6) is 5.75 Å². The van der Waals surface area contributed by atoms with Crippen molar-refractivity contribution in [3.63, 3.8) is 0 Å². The van der Waals surface area contributed by atoms with E-state index in [4.69, 9.17) is 4.74 Å². The van der Waals surface area contributed by atoms with Crippen LogP contribution in [-0.2, 0) is 6.42 Å². The average molecular weight is 473 g/mol. The van der Waals surface area contributed by atoms with Gasteiger partial charge in [-0.2, -0.15) is 0 Å². The zero-order valence-corrected chi connectivity index (χ0v) is 16.4. The number of rotatable bonds is 4. The summed E-state index contributed by atoms with van der Waals surface area (Å²) in [6.45, 7) is 0.570. The van der Waals surface area contributed by atoms with Crippen LogP contribution in [0.1, 0.15) is 22.8 Å². The first-order valence-corrected chi connectivity index (χ1v) is 9.59. The van der Waals surface area contributed by atoms with E-state index in [0.29, 0.717) is 12.2 Å². The number of benzene rings is 3. The van der Waals surface area contributed by atoms with Gasteiger partial charge in [-0.15, -0.1) is 0 Å². The van der Waals surface area contributed by atoms with Crippen LogP contribution in [0.25, 0.3) is 11.1 Å². The van der Waals surface area contributed by atoms with E-state index in [0.717, 1.165) is 38.0 Å². The maximum Gasteiger partial charge on any atom is 0.270 e. The molecule has 0 bridgehead atoms. The summed E-state index contributed by atoms with van der Waals surface area (Å²) in [7, 11) is 0. The molecule has 6 heteroatoms. The predicted octanol–water partition coefficient (Wildman–Crippen LogP) is 4.88. The van der Waals surface area contributed by atoms with Gasteiger partial charge in [0.25, 0.3) is 5.69 Å². The zero-order valence-electron chi connectivity index (χ0n) is 14.3. The molecule has 3 aromatic carbocycles. The predicted molar refractivity (Wildman–Crippen MR) is 111 cm³/mol. The minimum absolute atomic E-state index is 0.0304. The summed E-state index contributed by atoms with van der Waals surface area (Å²) in [4.78, 5) is 10.7. The van der Waals surface area contributed by atoms with Gasteiger partial charge < -0.3 is 9.84 Å². The molecule has 0 spiro atoms. The van der Waals surface area contributed by atoms with E-state index in [2.05, 4.69) is 22.6 Å². The van der Waals surface area contributed by atoms with Crippen LogP contribution in [-0.4, -0.2) is 16.6 Å². The molecule has 1 N–H and O–H groups in total. The third-order valence-corrected chi connectivity index (χ3v) is 5.39. The summed E-state index contributed by atoms with van der Waals surface area (Å²) in [5.74, 6) is 0.744. The van der Waals surface area contributed by atoms with Gasteiger partial charge in [0.1, 0.15) is 11.9 Å². The summed E-state index contributed by atoms with van der Waals surface area (Å²) in [5, 5.41) is 22.0. The van der Waals surface area contributed by atoms with Crippen molar-refractivity contribution in [2.45, 2.75) is 12.5 Å². The molecule has 1 heterocycles. The van der Waals surface area contributed by atoms with Crippen molar-refractivity contribution < 1.29 is 14.8 Å². The highest BCUT2D eigenvalue weighted by atomic mass is 127. The number of aliphatic hydroxyl groups is 1.